The van der Waals surface area contributed by atoms with Gasteiger partial charge in [0, 0.05) is 23.6 Å². The molecule has 29 heavy (non-hydrogen) atoms. The van der Waals surface area contributed by atoms with E-state index in [1.165, 1.54) is 24.3 Å². The molecule has 2 aromatic rings. The lowest BCUT2D eigenvalue weighted by atomic mass is 10.1. The lowest BCUT2D eigenvalue weighted by Crippen LogP contribution is -2.33. The molecule has 1 aliphatic heterocycles. The van der Waals surface area contributed by atoms with Crippen molar-refractivity contribution in [2.24, 2.45) is 0 Å². The highest BCUT2D eigenvalue weighted by Crippen LogP contribution is 2.39. The topological polar surface area (TPSA) is 84.9 Å². The minimum Gasteiger partial charge on any atom is -0.457 e. The fraction of sp³-hybridized carbons (Fsp3) is 0.167. The maximum atomic E-state index is 13.4. The maximum Gasteiger partial charge on any atom is 0.436 e. The van der Waals surface area contributed by atoms with Crippen LogP contribution in [0.5, 0.6) is 11.5 Å². The van der Waals surface area contributed by atoms with Crippen molar-refractivity contribution in [1.29, 1.82) is 0 Å². The molecule has 0 unspecified atom stereocenters. The minimum absolute atomic E-state index is 0.110. The van der Waals surface area contributed by atoms with Crippen LogP contribution in [-0.4, -0.2) is 23.0 Å². The molecular weight excluding hydrogens is 417 g/mol. The van der Waals surface area contributed by atoms with Crippen LogP contribution < -0.4 is 10.1 Å². The first kappa shape index (κ1) is 20.5. The van der Waals surface area contributed by atoms with E-state index >= 15 is 0 Å². The molecule has 152 valence electrons. The fourth-order valence-electron chi connectivity index (χ4n) is 2.43. The van der Waals surface area contributed by atoms with Gasteiger partial charge < -0.3 is 9.57 Å². The molecule has 0 saturated carbocycles. The van der Waals surface area contributed by atoms with Crippen LogP contribution in [0.1, 0.15) is 18.4 Å². The summed E-state index contributed by atoms with van der Waals surface area (Å²) in [4.78, 5) is 39.2. The standard InChI is InChI=1S/C18H12ClF3N2O5/c19-10-1-4-12(5-2-10)28-14-6-3-11(9-13(14)18(20,21)22)23-17(27)29-24-15(25)7-8-16(24)26/h1-6,9H,7-8H2,(H,23,27). The first-order chi connectivity index (χ1) is 13.6. The minimum atomic E-state index is -4.79. The van der Waals surface area contributed by atoms with E-state index < -0.39 is 35.4 Å². The summed E-state index contributed by atoms with van der Waals surface area (Å²) in [5.74, 6) is -1.80. The second-order valence-electron chi connectivity index (χ2n) is 5.85. The number of nitrogens with zero attached hydrogens (tertiary/aromatic N) is 1. The molecule has 0 radical (unpaired) electrons. The van der Waals surface area contributed by atoms with Crippen LogP contribution in [0.3, 0.4) is 0 Å². The molecule has 0 aliphatic carbocycles. The van der Waals surface area contributed by atoms with Gasteiger partial charge in [0.1, 0.15) is 17.1 Å². The lowest BCUT2D eigenvalue weighted by molar-refractivity contribution is -0.170. The summed E-state index contributed by atoms with van der Waals surface area (Å²) >= 11 is 5.73. The van der Waals surface area contributed by atoms with E-state index in [9.17, 15) is 27.6 Å². The van der Waals surface area contributed by atoms with Gasteiger partial charge in [0.05, 0.1) is 0 Å². The number of ether oxygens (including phenoxy) is 1. The van der Waals surface area contributed by atoms with Crippen molar-refractivity contribution in [3.63, 3.8) is 0 Å². The number of alkyl halides is 3. The van der Waals surface area contributed by atoms with Gasteiger partial charge in [0.25, 0.3) is 11.8 Å². The van der Waals surface area contributed by atoms with E-state index in [0.29, 0.717) is 11.1 Å². The zero-order chi connectivity index (χ0) is 21.2. The number of carbonyl (C=O) groups is 3. The second kappa shape index (κ2) is 8.00. The number of hydrogen-bond donors (Lipinski definition) is 1. The lowest BCUT2D eigenvalue weighted by Gasteiger charge is -2.16. The van der Waals surface area contributed by atoms with Gasteiger partial charge >= 0.3 is 12.3 Å². The van der Waals surface area contributed by atoms with Crippen molar-refractivity contribution in [2.45, 2.75) is 19.0 Å². The highest BCUT2D eigenvalue weighted by atomic mass is 35.5. The van der Waals surface area contributed by atoms with E-state index in [-0.39, 0.29) is 29.3 Å². The summed E-state index contributed by atoms with van der Waals surface area (Å²) < 4.78 is 45.5. The summed E-state index contributed by atoms with van der Waals surface area (Å²) in [6.07, 6.45) is -6.29. The molecule has 0 spiro atoms. The summed E-state index contributed by atoms with van der Waals surface area (Å²) in [7, 11) is 0. The number of nitrogens with one attached hydrogen (secondary N) is 1. The van der Waals surface area contributed by atoms with Crippen LogP contribution in [0.4, 0.5) is 23.7 Å². The Bertz CT molecular complexity index is 947. The van der Waals surface area contributed by atoms with Gasteiger partial charge in [-0.1, -0.05) is 11.6 Å². The van der Waals surface area contributed by atoms with E-state index in [0.717, 1.165) is 12.1 Å². The van der Waals surface area contributed by atoms with Crippen LogP contribution >= 0.6 is 11.6 Å². The Balaban J connectivity index is 1.78. The van der Waals surface area contributed by atoms with Crippen LogP contribution in [0, 0.1) is 0 Å². The van der Waals surface area contributed by atoms with Crippen molar-refractivity contribution < 1.29 is 37.1 Å². The number of hydrogen-bond acceptors (Lipinski definition) is 5. The molecule has 1 heterocycles. The van der Waals surface area contributed by atoms with Crippen molar-refractivity contribution in [1.82, 2.24) is 5.06 Å². The molecule has 0 aromatic heterocycles. The molecule has 1 aliphatic rings. The average Bonchev–Trinajstić information content (AvgIpc) is 2.96. The Hall–Kier alpha value is -3.27. The molecule has 3 rings (SSSR count). The fourth-order valence-corrected chi connectivity index (χ4v) is 2.56. The first-order valence-electron chi connectivity index (χ1n) is 8.13. The largest absolute Gasteiger partial charge is 0.457 e. The Morgan fingerprint density at radius 2 is 1.66 bits per heavy atom. The Morgan fingerprint density at radius 3 is 2.24 bits per heavy atom. The highest BCUT2D eigenvalue weighted by Gasteiger charge is 2.36. The van der Waals surface area contributed by atoms with Gasteiger partial charge in [0.2, 0.25) is 0 Å². The third-order valence-electron chi connectivity index (χ3n) is 3.75. The molecule has 7 nitrogen and oxygen atoms in total. The number of imide groups is 1. The van der Waals surface area contributed by atoms with Gasteiger partial charge in [-0.25, -0.2) is 4.79 Å². The number of benzene rings is 2. The van der Waals surface area contributed by atoms with Crippen LogP contribution in [0.15, 0.2) is 42.5 Å². The zero-order valence-electron chi connectivity index (χ0n) is 14.5. The summed E-state index contributed by atoms with van der Waals surface area (Å²) in [5.41, 5.74) is -1.43. The van der Waals surface area contributed by atoms with Crippen molar-refractivity contribution >= 4 is 35.2 Å². The number of hydroxylamine groups is 2. The number of carbonyl (C=O) groups excluding carboxylic acids is 3. The maximum absolute atomic E-state index is 13.4. The molecular formula is C18H12ClF3N2O5. The molecule has 1 saturated heterocycles. The molecule has 2 aromatic carbocycles. The normalized spacial score (nSPS) is 14.1. The van der Waals surface area contributed by atoms with Crippen LogP contribution in [0.25, 0.3) is 0 Å². The predicted molar refractivity (Wildman–Crippen MR) is 94.2 cm³/mol. The van der Waals surface area contributed by atoms with E-state index in [1.807, 2.05) is 5.32 Å². The van der Waals surface area contributed by atoms with Gasteiger partial charge in [-0.05, 0) is 42.5 Å². The number of amides is 3. The SMILES string of the molecule is O=C(Nc1ccc(Oc2ccc(Cl)cc2)c(C(F)(F)F)c1)ON1C(=O)CCC1=O. The third kappa shape index (κ3) is 4.96. The summed E-state index contributed by atoms with van der Waals surface area (Å²) in [6.45, 7) is 0. The number of anilines is 1. The number of halogens is 4. The van der Waals surface area contributed by atoms with Crippen LogP contribution in [-0.2, 0) is 20.6 Å². The van der Waals surface area contributed by atoms with Crippen molar-refractivity contribution in [3.05, 3.63) is 53.1 Å². The van der Waals surface area contributed by atoms with E-state index in [1.54, 1.807) is 0 Å². The monoisotopic (exact) mass is 428 g/mol. The summed E-state index contributed by atoms with van der Waals surface area (Å²) in [6, 6.07) is 8.51. The predicted octanol–water partition coefficient (Wildman–Crippen LogP) is 4.76. The van der Waals surface area contributed by atoms with Crippen molar-refractivity contribution in [3.8, 4) is 11.5 Å². The van der Waals surface area contributed by atoms with Crippen LogP contribution in [0.2, 0.25) is 5.02 Å². The second-order valence-corrected chi connectivity index (χ2v) is 6.29. The smallest absolute Gasteiger partial charge is 0.436 e. The quantitative estimate of drug-likeness (QED) is 0.709. The molecule has 1 N–H and O–H groups in total. The van der Waals surface area contributed by atoms with Gasteiger partial charge in [-0.2, -0.15) is 13.2 Å². The molecule has 1 fully saturated rings. The Labute approximate surface area is 166 Å². The molecule has 0 bridgehead atoms. The van der Waals surface area contributed by atoms with Gasteiger partial charge in [0.15, 0.2) is 0 Å². The molecule has 11 heteroatoms. The average molecular weight is 429 g/mol. The van der Waals surface area contributed by atoms with Gasteiger partial charge in [-0.3, -0.25) is 14.9 Å². The highest BCUT2D eigenvalue weighted by molar-refractivity contribution is 6.30. The van der Waals surface area contributed by atoms with E-state index in [2.05, 4.69) is 4.84 Å². The zero-order valence-corrected chi connectivity index (χ0v) is 15.2. The van der Waals surface area contributed by atoms with Gasteiger partial charge in [-0.15, -0.1) is 5.06 Å². The summed E-state index contributed by atoms with van der Waals surface area (Å²) in [5, 5.41) is 2.71. The molecule has 0 atom stereocenters. The Kier molecular flexibility index (Phi) is 5.64. The number of rotatable bonds is 4. The third-order valence-corrected chi connectivity index (χ3v) is 4.00. The first-order valence-corrected chi connectivity index (χ1v) is 8.50. The van der Waals surface area contributed by atoms with Crippen molar-refractivity contribution in [2.75, 3.05) is 5.32 Å². The Morgan fingerprint density at radius 1 is 1.03 bits per heavy atom. The van der Waals surface area contributed by atoms with E-state index in [4.69, 9.17) is 16.3 Å². The molecule has 3 amide bonds.